The molecule has 3 aromatic rings. The maximum absolute atomic E-state index is 12.7. The molecule has 0 aliphatic carbocycles. The molecule has 0 spiro atoms. The fraction of sp³-hybridized carbons (Fsp3) is 0.250. The van der Waals surface area contributed by atoms with Crippen LogP contribution in [-0.2, 0) is 16.0 Å². The van der Waals surface area contributed by atoms with Crippen LogP contribution < -0.4 is 10.2 Å². The number of carbonyl (C=O) groups is 2. The molecule has 0 fully saturated rings. The highest BCUT2D eigenvalue weighted by molar-refractivity contribution is 6.02. The minimum absolute atomic E-state index is 0.0378. The summed E-state index contributed by atoms with van der Waals surface area (Å²) in [7, 11) is 1.75. The normalized spacial score (nSPS) is 16.6. The average Bonchev–Trinajstić information content (AvgIpc) is 3.07. The molecule has 0 saturated heterocycles. The van der Waals surface area contributed by atoms with Gasteiger partial charge >= 0.3 is 0 Å². The molecule has 1 atom stereocenters. The number of imidazole rings is 1. The monoisotopic (exact) mass is 348 g/mol. The molecule has 1 aliphatic heterocycles. The fourth-order valence-corrected chi connectivity index (χ4v) is 3.42. The first kappa shape index (κ1) is 16.3. The van der Waals surface area contributed by atoms with Gasteiger partial charge in [-0.15, -0.1) is 0 Å². The van der Waals surface area contributed by atoms with Crippen LogP contribution in [0.3, 0.4) is 0 Å². The van der Waals surface area contributed by atoms with Crippen LogP contribution in [0.1, 0.15) is 23.6 Å². The summed E-state index contributed by atoms with van der Waals surface area (Å²) in [6.07, 6.45) is 4.77. The zero-order valence-electron chi connectivity index (χ0n) is 14.6. The number of benzene rings is 1. The second kappa shape index (κ2) is 6.63. The van der Waals surface area contributed by atoms with E-state index < -0.39 is 5.92 Å². The quantitative estimate of drug-likeness (QED) is 0.786. The molecule has 2 aromatic heterocycles. The van der Waals surface area contributed by atoms with Crippen molar-refractivity contribution in [1.29, 1.82) is 0 Å². The lowest BCUT2D eigenvalue weighted by molar-refractivity contribution is -0.127. The molecule has 0 saturated carbocycles. The lowest BCUT2D eigenvalue weighted by Gasteiger charge is -2.30. The molecular formula is C20H20N4O2. The van der Waals surface area contributed by atoms with Crippen molar-refractivity contribution in [1.82, 2.24) is 14.7 Å². The summed E-state index contributed by atoms with van der Waals surface area (Å²) in [6.45, 7) is 0.491. The lowest BCUT2D eigenvalue weighted by Crippen LogP contribution is -2.39. The summed E-state index contributed by atoms with van der Waals surface area (Å²) < 4.78 is 1.96. The van der Waals surface area contributed by atoms with Crippen LogP contribution in [0.15, 0.2) is 54.9 Å². The van der Waals surface area contributed by atoms with E-state index in [4.69, 9.17) is 0 Å². The van der Waals surface area contributed by atoms with Gasteiger partial charge in [-0.3, -0.25) is 9.59 Å². The number of anilines is 1. The van der Waals surface area contributed by atoms with Crippen LogP contribution in [-0.4, -0.2) is 34.8 Å². The Morgan fingerprint density at radius 1 is 1.23 bits per heavy atom. The summed E-state index contributed by atoms with van der Waals surface area (Å²) in [5.41, 5.74) is 3.53. The van der Waals surface area contributed by atoms with E-state index in [-0.39, 0.29) is 18.2 Å². The molecule has 2 amide bonds. The minimum atomic E-state index is -0.434. The maximum Gasteiger partial charge on any atom is 0.228 e. The van der Waals surface area contributed by atoms with Gasteiger partial charge in [0.15, 0.2) is 0 Å². The average molecular weight is 348 g/mol. The Kier molecular flexibility index (Phi) is 4.16. The van der Waals surface area contributed by atoms with Gasteiger partial charge in [-0.25, -0.2) is 4.98 Å². The lowest BCUT2D eigenvalue weighted by atomic mass is 9.89. The van der Waals surface area contributed by atoms with E-state index in [1.165, 1.54) is 0 Å². The number of hydrogen-bond acceptors (Lipinski definition) is 3. The second-order valence-corrected chi connectivity index (χ2v) is 6.51. The molecule has 1 unspecified atom stereocenters. The van der Waals surface area contributed by atoms with Gasteiger partial charge in [-0.1, -0.05) is 24.3 Å². The first-order valence-corrected chi connectivity index (χ1v) is 8.69. The first-order chi connectivity index (χ1) is 12.6. The fourth-order valence-electron chi connectivity index (χ4n) is 3.42. The van der Waals surface area contributed by atoms with Crippen molar-refractivity contribution in [2.75, 3.05) is 18.5 Å². The van der Waals surface area contributed by atoms with Crippen LogP contribution in [0.4, 0.5) is 5.69 Å². The molecule has 132 valence electrons. The van der Waals surface area contributed by atoms with Crippen molar-refractivity contribution >= 4 is 23.1 Å². The summed E-state index contributed by atoms with van der Waals surface area (Å²) in [6, 6.07) is 13.4. The summed E-state index contributed by atoms with van der Waals surface area (Å²) in [5.74, 6) is -0.581. The standard InChI is InChI=1S/C20H20N4O2/c1-23-17-7-3-2-6-15(17)16(12-19(23)25)20(26)21-10-9-14-13-24-11-5-4-8-18(24)22-14/h2-8,11,13,16H,9-10,12H2,1H3,(H,21,26). The van der Waals surface area contributed by atoms with E-state index in [9.17, 15) is 9.59 Å². The number of aromatic nitrogens is 2. The van der Waals surface area contributed by atoms with Gasteiger partial charge in [0.05, 0.1) is 11.6 Å². The van der Waals surface area contributed by atoms with Crippen LogP contribution in [0, 0.1) is 0 Å². The predicted molar refractivity (Wildman–Crippen MR) is 99.1 cm³/mol. The van der Waals surface area contributed by atoms with Crippen molar-refractivity contribution in [3.63, 3.8) is 0 Å². The maximum atomic E-state index is 12.7. The smallest absolute Gasteiger partial charge is 0.228 e. The Hall–Kier alpha value is -3.15. The number of amides is 2. The third kappa shape index (κ3) is 2.94. The van der Waals surface area contributed by atoms with Gasteiger partial charge in [0.2, 0.25) is 11.8 Å². The zero-order chi connectivity index (χ0) is 18.1. The van der Waals surface area contributed by atoms with Crippen molar-refractivity contribution < 1.29 is 9.59 Å². The van der Waals surface area contributed by atoms with E-state index >= 15 is 0 Å². The highest BCUT2D eigenvalue weighted by atomic mass is 16.2. The van der Waals surface area contributed by atoms with Gasteiger partial charge < -0.3 is 14.6 Å². The van der Waals surface area contributed by atoms with E-state index in [2.05, 4.69) is 10.3 Å². The van der Waals surface area contributed by atoms with E-state index in [0.29, 0.717) is 13.0 Å². The number of nitrogens with one attached hydrogen (secondary N) is 1. The van der Waals surface area contributed by atoms with E-state index in [0.717, 1.165) is 22.6 Å². The SMILES string of the molecule is CN1C(=O)CC(C(=O)NCCc2cn3ccccc3n2)c2ccccc21. The van der Waals surface area contributed by atoms with E-state index in [1.807, 2.05) is 59.3 Å². The number of fused-ring (bicyclic) bond motifs is 2. The minimum Gasteiger partial charge on any atom is -0.355 e. The van der Waals surface area contributed by atoms with Gasteiger partial charge in [-0.2, -0.15) is 0 Å². The number of nitrogens with zero attached hydrogens (tertiary/aromatic N) is 3. The highest BCUT2D eigenvalue weighted by Gasteiger charge is 2.33. The Bertz CT molecular complexity index is 946. The number of rotatable bonds is 4. The molecule has 1 N–H and O–H groups in total. The Balaban J connectivity index is 1.43. The summed E-state index contributed by atoms with van der Waals surface area (Å²) in [5, 5.41) is 2.96. The number of para-hydroxylation sites is 1. The molecule has 1 aromatic carbocycles. The second-order valence-electron chi connectivity index (χ2n) is 6.51. The molecular weight excluding hydrogens is 328 g/mol. The molecule has 0 bridgehead atoms. The molecule has 1 aliphatic rings. The topological polar surface area (TPSA) is 66.7 Å². The predicted octanol–water partition coefficient (Wildman–Crippen LogP) is 2.14. The van der Waals surface area contributed by atoms with Crippen molar-refractivity contribution in [2.45, 2.75) is 18.8 Å². The van der Waals surface area contributed by atoms with Gasteiger partial charge in [0.25, 0.3) is 0 Å². The van der Waals surface area contributed by atoms with Crippen LogP contribution in [0.2, 0.25) is 0 Å². The number of carbonyl (C=O) groups excluding carboxylic acids is 2. The third-order valence-electron chi connectivity index (χ3n) is 4.84. The van der Waals surface area contributed by atoms with Crippen LogP contribution in [0.25, 0.3) is 5.65 Å². The molecule has 3 heterocycles. The first-order valence-electron chi connectivity index (χ1n) is 8.69. The van der Waals surface area contributed by atoms with E-state index in [1.54, 1.807) is 11.9 Å². The molecule has 26 heavy (non-hydrogen) atoms. The molecule has 6 nitrogen and oxygen atoms in total. The van der Waals surface area contributed by atoms with Crippen molar-refractivity contribution in [2.24, 2.45) is 0 Å². The summed E-state index contributed by atoms with van der Waals surface area (Å²) in [4.78, 5) is 31.0. The molecule has 6 heteroatoms. The van der Waals surface area contributed by atoms with Gasteiger partial charge in [0, 0.05) is 44.5 Å². The van der Waals surface area contributed by atoms with Crippen molar-refractivity contribution in [3.05, 3.63) is 66.1 Å². The summed E-state index contributed by atoms with van der Waals surface area (Å²) >= 11 is 0. The van der Waals surface area contributed by atoms with Gasteiger partial charge in [-0.05, 0) is 23.8 Å². The Morgan fingerprint density at radius 2 is 2.04 bits per heavy atom. The Morgan fingerprint density at radius 3 is 2.88 bits per heavy atom. The zero-order valence-corrected chi connectivity index (χ0v) is 14.6. The number of hydrogen-bond donors (Lipinski definition) is 1. The highest BCUT2D eigenvalue weighted by Crippen LogP contribution is 2.35. The number of pyridine rings is 1. The molecule has 4 rings (SSSR count). The molecule has 0 radical (unpaired) electrons. The third-order valence-corrected chi connectivity index (χ3v) is 4.84. The van der Waals surface area contributed by atoms with Crippen LogP contribution >= 0.6 is 0 Å². The largest absolute Gasteiger partial charge is 0.355 e. The Labute approximate surface area is 151 Å². The van der Waals surface area contributed by atoms with Crippen molar-refractivity contribution in [3.8, 4) is 0 Å². The van der Waals surface area contributed by atoms with Gasteiger partial charge in [0.1, 0.15) is 5.65 Å². The van der Waals surface area contributed by atoms with Crippen LogP contribution in [0.5, 0.6) is 0 Å².